The third-order valence-corrected chi connectivity index (χ3v) is 2.81. The van der Waals surface area contributed by atoms with E-state index in [1.807, 2.05) is 24.3 Å². The molecule has 1 aromatic carbocycles. The number of nitrogens with one attached hydrogen (secondary N) is 2. The molecular formula is C10H13BrN4. The lowest BCUT2D eigenvalue weighted by molar-refractivity contribution is 0.966. The zero-order valence-electron chi connectivity index (χ0n) is 8.20. The zero-order chi connectivity index (χ0) is 10.7. The third-order valence-electron chi connectivity index (χ3n) is 2.12. The van der Waals surface area contributed by atoms with E-state index in [1.165, 1.54) is 0 Å². The number of hydrogen-bond acceptors (Lipinski definition) is 2. The van der Waals surface area contributed by atoms with Gasteiger partial charge in [-0.1, -0.05) is 12.1 Å². The smallest absolute Gasteiger partial charge is 0.210 e. The largest absolute Gasteiger partial charge is 0.324 e. The van der Waals surface area contributed by atoms with Crippen LogP contribution in [0.4, 0.5) is 5.69 Å². The van der Waals surface area contributed by atoms with Crippen molar-refractivity contribution in [3.05, 3.63) is 28.7 Å². The highest BCUT2D eigenvalue weighted by Gasteiger charge is 2.21. The molecule has 80 valence electrons. The fraction of sp³-hybridized carbons (Fsp3) is 0.300. The quantitative estimate of drug-likeness (QED) is 0.332. The van der Waals surface area contributed by atoms with Gasteiger partial charge in [0, 0.05) is 4.47 Å². The van der Waals surface area contributed by atoms with E-state index in [-0.39, 0.29) is 0 Å². The van der Waals surface area contributed by atoms with Crippen LogP contribution in [0.1, 0.15) is 12.8 Å². The van der Waals surface area contributed by atoms with E-state index in [4.69, 9.17) is 5.84 Å². The maximum absolute atomic E-state index is 5.39. The Labute approximate surface area is 97.1 Å². The molecule has 0 unspecified atom stereocenters. The van der Waals surface area contributed by atoms with Gasteiger partial charge in [0.2, 0.25) is 5.96 Å². The Kier molecular flexibility index (Phi) is 3.23. The standard InChI is InChI=1S/C10H13BrN4/c11-8-3-1-2-4-9(8)14-10(15-12)13-7-5-6-7/h1-4,7H,5-6,12H2,(H2,13,14,15). The number of benzene rings is 1. The monoisotopic (exact) mass is 268 g/mol. The number of hydrazine groups is 1. The molecule has 4 nitrogen and oxygen atoms in total. The second kappa shape index (κ2) is 4.63. The number of halogens is 1. The van der Waals surface area contributed by atoms with Crippen LogP contribution >= 0.6 is 15.9 Å². The Bertz CT molecular complexity index is 373. The fourth-order valence-corrected chi connectivity index (χ4v) is 1.57. The van der Waals surface area contributed by atoms with Crippen molar-refractivity contribution in [3.8, 4) is 0 Å². The summed E-state index contributed by atoms with van der Waals surface area (Å²) in [5.74, 6) is 6.00. The highest BCUT2D eigenvalue weighted by atomic mass is 79.9. The van der Waals surface area contributed by atoms with Gasteiger partial charge < -0.3 is 5.32 Å². The highest BCUT2D eigenvalue weighted by Crippen LogP contribution is 2.24. The maximum Gasteiger partial charge on any atom is 0.210 e. The molecule has 1 saturated carbocycles. The molecule has 1 aliphatic rings. The van der Waals surface area contributed by atoms with Crippen LogP contribution in [0.2, 0.25) is 0 Å². The van der Waals surface area contributed by atoms with Crippen molar-refractivity contribution in [3.63, 3.8) is 0 Å². The van der Waals surface area contributed by atoms with E-state index in [1.54, 1.807) is 0 Å². The molecule has 0 spiro atoms. The predicted molar refractivity (Wildman–Crippen MR) is 65.5 cm³/mol. The molecule has 0 saturated heterocycles. The lowest BCUT2D eigenvalue weighted by Gasteiger charge is -2.10. The molecule has 15 heavy (non-hydrogen) atoms. The summed E-state index contributed by atoms with van der Waals surface area (Å²) in [4.78, 5) is 4.39. The first-order valence-corrected chi connectivity index (χ1v) is 5.65. The summed E-state index contributed by atoms with van der Waals surface area (Å²) < 4.78 is 0.990. The van der Waals surface area contributed by atoms with Crippen molar-refractivity contribution in [2.45, 2.75) is 18.9 Å². The van der Waals surface area contributed by atoms with Crippen molar-refractivity contribution in [1.29, 1.82) is 0 Å². The van der Waals surface area contributed by atoms with Gasteiger partial charge in [0.25, 0.3) is 0 Å². The Hall–Kier alpha value is -1.07. The topological polar surface area (TPSA) is 62.4 Å². The molecule has 1 fully saturated rings. The summed E-state index contributed by atoms with van der Waals surface area (Å²) in [5, 5.41) is 3.14. The van der Waals surface area contributed by atoms with Gasteiger partial charge in [-0.15, -0.1) is 0 Å². The van der Waals surface area contributed by atoms with Crippen molar-refractivity contribution in [1.82, 2.24) is 5.43 Å². The van der Waals surface area contributed by atoms with Gasteiger partial charge in [-0.05, 0) is 40.9 Å². The van der Waals surface area contributed by atoms with Gasteiger partial charge >= 0.3 is 0 Å². The summed E-state index contributed by atoms with van der Waals surface area (Å²) in [6.45, 7) is 0. The van der Waals surface area contributed by atoms with Crippen molar-refractivity contribution in [2.24, 2.45) is 10.8 Å². The van der Waals surface area contributed by atoms with Gasteiger partial charge in [0.15, 0.2) is 0 Å². The minimum atomic E-state index is 0.436. The van der Waals surface area contributed by atoms with E-state index in [0.29, 0.717) is 12.0 Å². The van der Waals surface area contributed by atoms with Crippen LogP contribution < -0.4 is 16.6 Å². The molecule has 4 N–H and O–H groups in total. The van der Waals surface area contributed by atoms with Crippen LogP contribution in [-0.2, 0) is 0 Å². The summed E-state index contributed by atoms with van der Waals surface area (Å²) >= 11 is 3.45. The summed E-state index contributed by atoms with van der Waals surface area (Å²) in [5.41, 5.74) is 3.52. The number of hydrogen-bond donors (Lipinski definition) is 3. The number of rotatable bonds is 2. The van der Waals surface area contributed by atoms with E-state index in [2.05, 4.69) is 31.7 Å². The number of aliphatic imine (C=N–C) groups is 1. The average molecular weight is 269 g/mol. The number of para-hydroxylation sites is 1. The van der Waals surface area contributed by atoms with Gasteiger partial charge in [0.1, 0.15) is 0 Å². The number of guanidine groups is 1. The molecule has 0 atom stereocenters. The molecule has 1 aromatic rings. The van der Waals surface area contributed by atoms with Gasteiger partial charge in [0.05, 0.1) is 11.7 Å². The fourth-order valence-electron chi connectivity index (χ4n) is 1.18. The molecule has 0 aromatic heterocycles. The first kappa shape index (κ1) is 10.4. The van der Waals surface area contributed by atoms with E-state index >= 15 is 0 Å². The van der Waals surface area contributed by atoms with Gasteiger partial charge in [-0.3, -0.25) is 5.43 Å². The molecule has 0 aliphatic heterocycles. The summed E-state index contributed by atoms with van der Waals surface area (Å²) in [7, 11) is 0. The average Bonchev–Trinajstić information content (AvgIpc) is 3.04. The summed E-state index contributed by atoms with van der Waals surface area (Å²) in [6.07, 6.45) is 2.31. The van der Waals surface area contributed by atoms with Gasteiger partial charge in [-0.2, -0.15) is 0 Å². The number of nitrogens with zero attached hydrogens (tertiary/aromatic N) is 1. The molecule has 0 bridgehead atoms. The molecule has 5 heteroatoms. The Morgan fingerprint density at radius 3 is 2.73 bits per heavy atom. The molecule has 0 heterocycles. The van der Waals surface area contributed by atoms with Crippen LogP contribution in [0.5, 0.6) is 0 Å². The Morgan fingerprint density at radius 1 is 1.40 bits per heavy atom. The molecule has 0 amide bonds. The molecule has 2 rings (SSSR count). The Morgan fingerprint density at radius 2 is 2.13 bits per heavy atom. The third kappa shape index (κ3) is 2.94. The van der Waals surface area contributed by atoms with Crippen molar-refractivity contribution in [2.75, 3.05) is 5.32 Å². The molecular weight excluding hydrogens is 256 g/mol. The minimum Gasteiger partial charge on any atom is -0.324 e. The van der Waals surface area contributed by atoms with Crippen LogP contribution in [0, 0.1) is 0 Å². The van der Waals surface area contributed by atoms with Crippen molar-refractivity contribution >= 4 is 27.6 Å². The first-order chi connectivity index (χ1) is 7.29. The van der Waals surface area contributed by atoms with E-state index in [9.17, 15) is 0 Å². The van der Waals surface area contributed by atoms with E-state index < -0.39 is 0 Å². The second-order valence-corrected chi connectivity index (χ2v) is 4.31. The first-order valence-electron chi connectivity index (χ1n) is 4.85. The van der Waals surface area contributed by atoms with Crippen LogP contribution in [-0.4, -0.2) is 12.0 Å². The normalized spacial score (nSPS) is 16.3. The van der Waals surface area contributed by atoms with E-state index in [0.717, 1.165) is 23.0 Å². The number of nitrogens with two attached hydrogens (primary N) is 1. The van der Waals surface area contributed by atoms with Gasteiger partial charge in [-0.25, -0.2) is 10.8 Å². The maximum atomic E-state index is 5.39. The van der Waals surface area contributed by atoms with Crippen LogP contribution in [0.3, 0.4) is 0 Å². The highest BCUT2D eigenvalue weighted by molar-refractivity contribution is 9.10. The number of anilines is 1. The SMILES string of the molecule is NNC(=NC1CC1)Nc1ccccc1Br. The molecule has 0 radical (unpaired) electrons. The zero-order valence-corrected chi connectivity index (χ0v) is 9.79. The van der Waals surface area contributed by atoms with Crippen LogP contribution in [0.15, 0.2) is 33.7 Å². The lowest BCUT2D eigenvalue weighted by atomic mass is 10.3. The minimum absolute atomic E-state index is 0.436. The van der Waals surface area contributed by atoms with Crippen molar-refractivity contribution < 1.29 is 0 Å². The Balaban J connectivity index is 2.09. The predicted octanol–water partition coefficient (Wildman–Crippen LogP) is 1.84. The van der Waals surface area contributed by atoms with Crippen LogP contribution in [0.25, 0.3) is 0 Å². The second-order valence-electron chi connectivity index (χ2n) is 3.46. The lowest BCUT2D eigenvalue weighted by Crippen LogP contribution is -2.36. The molecule has 1 aliphatic carbocycles. The summed E-state index contributed by atoms with van der Waals surface area (Å²) in [6, 6.07) is 8.28.